The molecule has 0 aromatic heterocycles. The molecule has 0 unspecified atom stereocenters. The van der Waals surface area contributed by atoms with Gasteiger partial charge in [-0.3, -0.25) is 4.79 Å². The summed E-state index contributed by atoms with van der Waals surface area (Å²) >= 11 is 0. The lowest BCUT2D eigenvalue weighted by atomic mass is 10.1. The maximum Gasteiger partial charge on any atom is 0.251 e. The molecule has 0 bridgehead atoms. The molecule has 0 spiro atoms. The van der Waals surface area contributed by atoms with E-state index in [2.05, 4.69) is 5.32 Å². The van der Waals surface area contributed by atoms with Gasteiger partial charge in [0, 0.05) is 5.56 Å². The van der Waals surface area contributed by atoms with Crippen LogP contribution >= 0.6 is 0 Å². The first kappa shape index (κ1) is 15.0. The van der Waals surface area contributed by atoms with Crippen molar-refractivity contribution in [3.8, 4) is 5.75 Å². The molecular weight excluding hydrogens is 269 g/mol. The van der Waals surface area contributed by atoms with E-state index in [1.165, 1.54) is 6.07 Å². The van der Waals surface area contributed by atoms with Crippen LogP contribution in [0.4, 0.5) is 4.39 Å². The highest BCUT2D eigenvalue weighted by molar-refractivity contribution is 5.94. The van der Waals surface area contributed by atoms with Crippen molar-refractivity contribution in [1.82, 2.24) is 5.32 Å². The molecule has 1 amide bonds. The number of benzene rings is 2. The predicted octanol–water partition coefficient (Wildman–Crippen LogP) is 3.25. The molecule has 0 aliphatic rings. The zero-order valence-corrected chi connectivity index (χ0v) is 12.2. The zero-order chi connectivity index (χ0) is 15.2. The lowest BCUT2D eigenvalue weighted by Crippen LogP contribution is -2.28. The standard InChI is InChI=1S/C17H18FNO2/c1-12-7-8-14(11-13(12)2)17(20)19-9-10-21-16-6-4-3-5-15(16)18/h3-8,11H,9-10H2,1-2H3,(H,19,20). The monoisotopic (exact) mass is 287 g/mol. The van der Waals surface area contributed by atoms with Gasteiger partial charge in [-0.25, -0.2) is 4.39 Å². The van der Waals surface area contributed by atoms with Gasteiger partial charge in [-0.1, -0.05) is 18.2 Å². The Hall–Kier alpha value is -2.36. The Labute approximate surface area is 123 Å². The molecule has 2 aromatic rings. The molecule has 0 aliphatic heterocycles. The molecule has 0 aliphatic carbocycles. The first-order valence-corrected chi connectivity index (χ1v) is 6.80. The topological polar surface area (TPSA) is 38.3 Å². The summed E-state index contributed by atoms with van der Waals surface area (Å²) in [5.74, 6) is -0.369. The van der Waals surface area contributed by atoms with Crippen LogP contribution in [0.25, 0.3) is 0 Å². The Balaban J connectivity index is 1.82. The van der Waals surface area contributed by atoms with Crippen LogP contribution in [0.15, 0.2) is 42.5 Å². The van der Waals surface area contributed by atoms with Crippen molar-refractivity contribution >= 4 is 5.91 Å². The molecule has 2 rings (SSSR count). The van der Waals surface area contributed by atoms with Crippen LogP contribution < -0.4 is 10.1 Å². The van der Waals surface area contributed by atoms with Gasteiger partial charge in [0.15, 0.2) is 11.6 Å². The summed E-state index contributed by atoms with van der Waals surface area (Å²) < 4.78 is 18.6. The van der Waals surface area contributed by atoms with Crippen LogP contribution in [-0.2, 0) is 0 Å². The fourth-order valence-electron chi connectivity index (χ4n) is 1.87. The number of carbonyl (C=O) groups excluding carboxylic acids is 1. The summed E-state index contributed by atoms with van der Waals surface area (Å²) in [6.07, 6.45) is 0. The molecule has 21 heavy (non-hydrogen) atoms. The quantitative estimate of drug-likeness (QED) is 0.857. The van der Waals surface area contributed by atoms with Crippen LogP contribution in [-0.4, -0.2) is 19.1 Å². The van der Waals surface area contributed by atoms with E-state index in [9.17, 15) is 9.18 Å². The normalized spacial score (nSPS) is 10.2. The van der Waals surface area contributed by atoms with E-state index in [1.54, 1.807) is 24.3 Å². The van der Waals surface area contributed by atoms with E-state index in [0.717, 1.165) is 11.1 Å². The van der Waals surface area contributed by atoms with Crippen molar-refractivity contribution in [2.75, 3.05) is 13.2 Å². The predicted molar refractivity (Wildman–Crippen MR) is 80.1 cm³/mol. The number of rotatable bonds is 5. The number of ether oxygens (including phenoxy) is 1. The number of aryl methyl sites for hydroxylation is 2. The molecular formula is C17H18FNO2. The van der Waals surface area contributed by atoms with Crippen molar-refractivity contribution in [2.24, 2.45) is 0 Å². The molecule has 1 N–H and O–H groups in total. The number of para-hydroxylation sites is 1. The molecule has 110 valence electrons. The molecule has 0 radical (unpaired) electrons. The smallest absolute Gasteiger partial charge is 0.251 e. The largest absolute Gasteiger partial charge is 0.489 e. The van der Waals surface area contributed by atoms with Crippen molar-refractivity contribution < 1.29 is 13.9 Å². The zero-order valence-electron chi connectivity index (χ0n) is 12.2. The Morgan fingerprint density at radius 1 is 1.14 bits per heavy atom. The van der Waals surface area contributed by atoms with Crippen LogP contribution in [0.3, 0.4) is 0 Å². The minimum Gasteiger partial charge on any atom is -0.489 e. The van der Waals surface area contributed by atoms with Gasteiger partial charge in [0.05, 0.1) is 6.54 Å². The van der Waals surface area contributed by atoms with Crippen LogP contribution in [0.2, 0.25) is 0 Å². The van der Waals surface area contributed by atoms with Gasteiger partial charge in [-0.2, -0.15) is 0 Å². The van der Waals surface area contributed by atoms with Gasteiger partial charge >= 0.3 is 0 Å². The Kier molecular flexibility index (Phi) is 4.93. The highest BCUT2D eigenvalue weighted by Crippen LogP contribution is 2.14. The molecule has 0 saturated carbocycles. The van der Waals surface area contributed by atoms with Crippen molar-refractivity contribution in [2.45, 2.75) is 13.8 Å². The van der Waals surface area contributed by atoms with Gasteiger partial charge in [0.2, 0.25) is 0 Å². The highest BCUT2D eigenvalue weighted by atomic mass is 19.1. The highest BCUT2D eigenvalue weighted by Gasteiger charge is 2.06. The second-order valence-electron chi connectivity index (χ2n) is 4.83. The molecule has 0 atom stereocenters. The van der Waals surface area contributed by atoms with E-state index >= 15 is 0 Å². The summed E-state index contributed by atoms with van der Waals surface area (Å²) in [5, 5.41) is 2.75. The van der Waals surface area contributed by atoms with Crippen molar-refractivity contribution in [3.05, 3.63) is 65.0 Å². The van der Waals surface area contributed by atoms with E-state index < -0.39 is 5.82 Å². The lowest BCUT2D eigenvalue weighted by molar-refractivity contribution is 0.0946. The maximum atomic E-state index is 13.3. The fraction of sp³-hybridized carbons (Fsp3) is 0.235. The van der Waals surface area contributed by atoms with E-state index in [1.807, 2.05) is 26.0 Å². The first-order chi connectivity index (χ1) is 10.1. The Morgan fingerprint density at radius 3 is 2.62 bits per heavy atom. The van der Waals surface area contributed by atoms with E-state index in [-0.39, 0.29) is 18.3 Å². The lowest BCUT2D eigenvalue weighted by Gasteiger charge is -2.09. The first-order valence-electron chi connectivity index (χ1n) is 6.80. The molecule has 0 heterocycles. The average Bonchev–Trinajstić information content (AvgIpc) is 2.48. The summed E-state index contributed by atoms with van der Waals surface area (Å²) in [4.78, 5) is 11.9. The second-order valence-corrected chi connectivity index (χ2v) is 4.83. The number of carbonyl (C=O) groups is 1. The van der Waals surface area contributed by atoms with Gasteiger partial charge in [-0.15, -0.1) is 0 Å². The molecule has 2 aromatic carbocycles. The summed E-state index contributed by atoms with van der Waals surface area (Å²) in [5.41, 5.74) is 2.84. The third-order valence-corrected chi connectivity index (χ3v) is 3.25. The molecule has 0 fully saturated rings. The Bertz CT molecular complexity index is 640. The SMILES string of the molecule is Cc1ccc(C(=O)NCCOc2ccccc2F)cc1C. The fourth-order valence-corrected chi connectivity index (χ4v) is 1.87. The van der Waals surface area contributed by atoms with Gasteiger partial charge < -0.3 is 10.1 Å². The summed E-state index contributed by atoms with van der Waals surface area (Å²) in [6.45, 7) is 4.50. The van der Waals surface area contributed by atoms with Crippen LogP contribution in [0.5, 0.6) is 5.75 Å². The minimum absolute atomic E-state index is 0.157. The minimum atomic E-state index is -0.405. The van der Waals surface area contributed by atoms with Crippen molar-refractivity contribution in [1.29, 1.82) is 0 Å². The molecule has 4 heteroatoms. The van der Waals surface area contributed by atoms with Crippen LogP contribution in [0.1, 0.15) is 21.5 Å². The van der Waals surface area contributed by atoms with E-state index in [4.69, 9.17) is 4.74 Å². The van der Waals surface area contributed by atoms with Crippen molar-refractivity contribution in [3.63, 3.8) is 0 Å². The van der Waals surface area contributed by atoms with Gasteiger partial charge in [-0.05, 0) is 49.2 Å². The number of halogens is 1. The molecule has 0 saturated heterocycles. The second kappa shape index (κ2) is 6.88. The summed E-state index contributed by atoms with van der Waals surface area (Å²) in [6, 6.07) is 11.7. The average molecular weight is 287 g/mol. The number of nitrogens with one attached hydrogen (secondary N) is 1. The number of hydrogen-bond acceptors (Lipinski definition) is 2. The van der Waals surface area contributed by atoms with Gasteiger partial charge in [0.25, 0.3) is 5.91 Å². The van der Waals surface area contributed by atoms with Crippen LogP contribution in [0, 0.1) is 19.7 Å². The van der Waals surface area contributed by atoms with Gasteiger partial charge in [0.1, 0.15) is 6.61 Å². The summed E-state index contributed by atoms with van der Waals surface area (Å²) in [7, 11) is 0. The maximum absolute atomic E-state index is 13.3. The third-order valence-electron chi connectivity index (χ3n) is 3.25. The Morgan fingerprint density at radius 2 is 1.90 bits per heavy atom. The van der Waals surface area contributed by atoms with E-state index in [0.29, 0.717) is 12.1 Å². The number of hydrogen-bond donors (Lipinski definition) is 1. The molecule has 3 nitrogen and oxygen atoms in total. The third kappa shape index (κ3) is 4.05. The number of amides is 1.